The van der Waals surface area contributed by atoms with Crippen LogP contribution in [0.3, 0.4) is 0 Å². The third-order valence-corrected chi connectivity index (χ3v) is 5.36. The van der Waals surface area contributed by atoms with E-state index in [9.17, 15) is 14.8 Å². The van der Waals surface area contributed by atoms with E-state index < -0.39 is 22.9 Å². The van der Waals surface area contributed by atoms with Crippen LogP contribution in [-0.2, 0) is 11.2 Å². The van der Waals surface area contributed by atoms with Gasteiger partial charge < -0.3 is 20.5 Å². The van der Waals surface area contributed by atoms with Crippen molar-refractivity contribution in [2.75, 3.05) is 12.3 Å². The maximum atomic E-state index is 12.6. The van der Waals surface area contributed by atoms with Crippen LogP contribution >= 0.6 is 0 Å². The number of aliphatic hydroxyl groups is 2. The van der Waals surface area contributed by atoms with Crippen LogP contribution in [-0.4, -0.2) is 32.7 Å². The Balaban J connectivity index is 2.83. The summed E-state index contributed by atoms with van der Waals surface area (Å²) in [4.78, 5) is 0.652. The molecule has 0 saturated heterocycles. The van der Waals surface area contributed by atoms with Gasteiger partial charge in [-0.15, -0.1) is 0 Å². The van der Waals surface area contributed by atoms with E-state index in [0.717, 1.165) is 18.4 Å². The summed E-state index contributed by atoms with van der Waals surface area (Å²) in [7, 11) is 0. The van der Waals surface area contributed by atoms with Crippen molar-refractivity contribution in [3.05, 3.63) is 29.8 Å². The van der Waals surface area contributed by atoms with Crippen LogP contribution in [0.2, 0.25) is 0 Å². The second-order valence-corrected chi connectivity index (χ2v) is 7.33. The molecular formula is C17H29NO3S. The van der Waals surface area contributed by atoms with Gasteiger partial charge in [0.1, 0.15) is 11.4 Å². The largest absolute Gasteiger partial charge is 0.611 e. The Hall–Kier alpha value is -0.590. The number of hydrogen-bond donors (Lipinski definition) is 3. The van der Waals surface area contributed by atoms with Crippen LogP contribution in [0, 0.1) is 0 Å². The lowest BCUT2D eigenvalue weighted by atomic mass is 9.95. The summed E-state index contributed by atoms with van der Waals surface area (Å²) in [6.45, 7) is 4.45. The molecule has 126 valence electrons. The van der Waals surface area contributed by atoms with Crippen molar-refractivity contribution in [3.8, 4) is 0 Å². The molecule has 0 spiro atoms. The van der Waals surface area contributed by atoms with Crippen molar-refractivity contribution >= 4 is 11.2 Å². The van der Waals surface area contributed by atoms with E-state index in [2.05, 4.69) is 0 Å². The van der Waals surface area contributed by atoms with Gasteiger partial charge in [0.2, 0.25) is 0 Å². The standard InChI is InChI=1S/C17H29NO3S/c1-3-9-17(20,10-4-2)13-22(21)15-7-5-6-14(12-15)16(19)8-11-18/h5-7,12,16,19-20H,3-4,8-11,13,18H2,1-2H3. The second kappa shape index (κ2) is 9.53. The minimum absolute atomic E-state index is 0.241. The molecule has 1 aromatic rings. The minimum Gasteiger partial charge on any atom is -0.611 e. The fourth-order valence-corrected chi connectivity index (χ4v) is 4.16. The Morgan fingerprint density at radius 2 is 1.91 bits per heavy atom. The van der Waals surface area contributed by atoms with E-state index in [1.165, 1.54) is 0 Å². The summed E-state index contributed by atoms with van der Waals surface area (Å²) in [5.41, 5.74) is 5.31. The molecule has 0 fully saturated rings. The van der Waals surface area contributed by atoms with Gasteiger partial charge in [-0.1, -0.05) is 38.8 Å². The first-order valence-corrected chi connectivity index (χ1v) is 9.36. The molecule has 22 heavy (non-hydrogen) atoms. The van der Waals surface area contributed by atoms with E-state index in [4.69, 9.17) is 5.73 Å². The highest BCUT2D eigenvalue weighted by atomic mass is 32.2. The lowest BCUT2D eigenvalue weighted by Gasteiger charge is -2.28. The molecule has 0 amide bonds. The van der Waals surface area contributed by atoms with E-state index >= 15 is 0 Å². The Morgan fingerprint density at radius 1 is 1.27 bits per heavy atom. The first-order chi connectivity index (χ1) is 10.5. The highest BCUT2D eigenvalue weighted by Crippen LogP contribution is 2.27. The molecule has 0 aromatic heterocycles. The predicted octanol–water partition coefficient (Wildman–Crippen LogP) is 2.51. The molecule has 0 aliphatic carbocycles. The summed E-state index contributed by atoms with van der Waals surface area (Å²) < 4.78 is 12.6. The zero-order valence-corrected chi connectivity index (χ0v) is 14.4. The average molecular weight is 327 g/mol. The molecule has 4 N–H and O–H groups in total. The molecular weight excluding hydrogens is 298 g/mol. The van der Waals surface area contributed by atoms with Gasteiger partial charge in [-0.3, -0.25) is 0 Å². The molecule has 0 aliphatic rings. The average Bonchev–Trinajstić information content (AvgIpc) is 2.48. The molecule has 4 nitrogen and oxygen atoms in total. The quantitative estimate of drug-likeness (QED) is 0.576. The highest BCUT2D eigenvalue weighted by molar-refractivity contribution is 7.91. The molecule has 1 aromatic carbocycles. The normalized spacial score (nSPS) is 14.8. The second-order valence-electron chi connectivity index (χ2n) is 5.88. The summed E-state index contributed by atoms with van der Waals surface area (Å²) in [5, 5.41) is 20.6. The van der Waals surface area contributed by atoms with E-state index in [0.29, 0.717) is 30.7 Å². The first-order valence-electron chi connectivity index (χ1n) is 8.04. The highest BCUT2D eigenvalue weighted by Gasteiger charge is 2.32. The Morgan fingerprint density at radius 3 is 2.45 bits per heavy atom. The monoisotopic (exact) mass is 327 g/mol. The molecule has 5 heteroatoms. The van der Waals surface area contributed by atoms with Gasteiger partial charge in [0, 0.05) is 0 Å². The van der Waals surface area contributed by atoms with Gasteiger partial charge in [-0.25, -0.2) is 0 Å². The van der Waals surface area contributed by atoms with Crippen LogP contribution in [0.15, 0.2) is 29.2 Å². The molecule has 0 aliphatic heterocycles. The van der Waals surface area contributed by atoms with Crippen LogP contribution < -0.4 is 5.73 Å². The van der Waals surface area contributed by atoms with Gasteiger partial charge in [-0.2, -0.15) is 0 Å². The van der Waals surface area contributed by atoms with Crippen LogP contribution in [0.5, 0.6) is 0 Å². The van der Waals surface area contributed by atoms with Crippen molar-refractivity contribution in [3.63, 3.8) is 0 Å². The third-order valence-electron chi connectivity index (χ3n) is 3.78. The van der Waals surface area contributed by atoms with Gasteiger partial charge in [0.15, 0.2) is 4.90 Å². The lowest BCUT2D eigenvalue weighted by molar-refractivity contribution is 0.0438. The van der Waals surface area contributed by atoms with E-state index in [1.807, 2.05) is 19.9 Å². The summed E-state index contributed by atoms with van der Waals surface area (Å²) in [5.74, 6) is 0.241. The lowest BCUT2D eigenvalue weighted by Crippen LogP contribution is -2.37. The number of hydrogen-bond acceptors (Lipinski definition) is 4. The number of benzene rings is 1. The Kier molecular flexibility index (Phi) is 8.43. The predicted molar refractivity (Wildman–Crippen MR) is 91.1 cm³/mol. The van der Waals surface area contributed by atoms with Crippen LogP contribution in [0.1, 0.15) is 57.6 Å². The topological polar surface area (TPSA) is 89.5 Å². The van der Waals surface area contributed by atoms with Gasteiger partial charge >= 0.3 is 0 Å². The Labute approximate surface area is 136 Å². The van der Waals surface area contributed by atoms with Crippen molar-refractivity contribution in [1.82, 2.24) is 0 Å². The zero-order chi connectivity index (χ0) is 16.6. The smallest absolute Gasteiger partial charge is 0.153 e. The minimum atomic E-state index is -1.28. The molecule has 2 unspecified atom stereocenters. The van der Waals surface area contributed by atoms with Gasteiger partial charge in [-0.05, 0) is 54.7 Å². The van der Waals surface area contributed by atoms with E-state index in [1.54, 1.807) is 18.2 Å². The summed E-state index contributed by atoms with van der Waals surface area (Å²) in [6, 6.07) is 7.15. The number of rotatable bonds is 10. The van der Waals surface area contributed by atoms with Crippen LogP contribution in [0.4, 0.5) is 0 Å². The first kappa shape index (κ1) is 19.5. The fraction of sp³-hybridized carbons (Fsp3) is 0.647. The van der Waals surface area contributed by atoms with Crippen molar-refractivity contribution in [2.24, 2.45) is 5.73 Å². The molecule has 0 saturated carbocycles. The zero-order valence-electron chi connectivity index (χ0n) is 13.6. The fourth-order valence-electron chi connectivity index (χ4n) is 2.72. The number of aliphatic hydroxyl groups excluding tert-OH is 1. The molecule has 0 heterocycles. The molecule has 0 bridgehead atoms. The van der Waals surface area contributed by atoms with Crippen LogP contribution in [0.25, 0.3) is 0 Å². The van der Waals surface area contributed by atoms with Crippen molar-refractivity contribution < 1.29 is 14.8 Å². The van der Waals surface area contributed by atoms with E-state index in [-0.39, 0.29) is 5.75 Å². The molecule has 1 rings (SSSR count). The maximum absolute atomic E-state index is 12.6. The third kappa shape index (κ3) is 5.89. The van der Waals surface area contributed by atoms with Gasteiger partial charge in [0.25, 0.3) is 0 Å². The molecule has 2 atom stereocenters. The Bertz CT molecular complexity index is 436. The van der Waals surface area contributed by atoms with Crippen molar-refractivity contribution in [2.45, 2.75) is 62.6 Å². The number of nitrogens with two attached hydrogens (primary N) is 1. The van der Waals surface area contributed by atoms with Crippen molar-refractivity contribution in [1.29, 1.82) is 0 Å². The summed E-state index contributed by atoms with van der Waals surface area (Å²) in [6.07, 6.45) is 2.88. The SMILES string of the molecule is CCCC(O)(CCC)C[S+]([O-])c1cccc(C(O)CCN)c1. The maximum Gasteiger partial charge on any atom is 0.153 e. The summed E-state index contributed by atoms with van der Waals surface area (Å²) >= 11 is -1.28. The molecule has 0 radical (unpaired) electrons. The van der Waals surface area contributed by atoms with Gasteiger partial charge in [0.05, 0.1) is 6.10 Å².